The van der Waals surface area contributed by atoms with Gasteiger partial charge in [-0.1, -0.05) is 6.07 Å². The van der Waals surface area contributed by atoms with Crippen LogP contribution in [0.3, 0.4) is 0 Å². The smallest absolute Gasteiger partial charge is 0.320 e. The molecule has 3 aliphatic heterocycles. The zero-order valence-corrected chi connectivity index (χ0v) is 22.0. The van der Waals surface area contributed by atoms with Gasteiger partial charge in [-0.25, -0.2) is 9.97 Å². The van der Waals surface area contributed by atoms with Crippen molar-refractivity contribution in [1.29, 1.82) is 0 Å². The van der Waals surface area contributed by atoms with Crippen LogP contribution < -0.4 is 19.7 Å². The highest BCUT2D eigenvalue weighted by Crippen LogP contribution is 2.37. The molecule has 5 heterocycles. The fourth-order valence-corrected chi connectivity index (χ4v) is 5.50. The molecule has 0 bridgehead atoms. The van der Waals surface area contributed by atoms with E-state index in [1.165, 1.54) is 0 Å². The molecule has 3 fully saturated rings. The second-order valence-electron chi connectivity index (χ2n) is 10.3. The summed E-state index contributed by atoms with van der Waals surface area (Å²) in [6, 6.07) is 8.08. The lowest BCUT2D eigenvalue weighted by molar-refractivity contribution is -0.119. The number of carbonyl (C=O) groups excluding carboxylic acids is 1. The summed E-state index contributed by atoms with van der Waals surface area (Å²) < 4.78 is 45.6. The molecule has 0 spiro atoms. The molecule has 39 heavy (non-hydrogen) atoms. The number of nitrogens with zero attached hydrogens (tertiary/aromatic N) is 5. The summed E-state index contributed by atoms with van der Waals surface area (Å²) in [5.74, 6) is 0.633. The largest absolute Gasteiger partial charge is 0.495 e. The van der Waals surface area contributed by atoms with E-state index in [1.807, 2.05) is 25.1 Å². The van der Waals surface area contributed by atoms with Crippen LogP contribution in [0.5, 0.6) is 11.6 Å². The Hall–Kier alpha value is -3.51. The first-order valence-corrected chi connectivity index (χ1v) is 13.3. The maximum Gasteiger partial charge on any atom is 0.320 e. The molecule has 0 saturated carbocycles. The number of alkyl halides is 2. The Morgan fingerprint density at radius 3 is 2.59 bits per heavy atom. The maximum atomic E-state index is 13.8. The number of ether oxygens (including phenoxy) is 3. The van der Waals surface area contributed by atoms with E-state index in [2.05, 4.69) is 25.1 Å². The summed E-state index contributed by atoms with van der Waals surface area (Å²) in [5.41, 5.74) is 2.75. The number of methoxy groups -OCH3 is 1. The average Bonchev–Trinajstić information content (AvgIpc) is 3.54. The minimum Gasteiger partial charge on any atom is -0.495 e. The lowest BCUT2D eigenvalue weighted by Gasteiger charge is -2.43. The molecule has 6 rings (SSSR count). The van der Waals surface area contributed by atoms with Gasteiger partial charge in [-0.3, -0.25) is 14.3 Å². The van der Waals surface area contributed by atoms with Crippen LogP contribution in [-0.4, -0.2) is 90.5 Å². The quantitative estimate of drug-likeness (QED) is 0.465. The molecule has 2 aromatic heterocycles. The number of benzene rings is 1. The topological polar surface area (TPSA) is 94.0 Å². The molecule has 1 N–H and O–H groups in total. The van der Waals surface area contributed by atoms with E-state index in [-0.39, 0.29) is 23.2 Å². The second kappa shape index (κ2) is 10.6. The highest BCUT2D eigenvalue weighted by molar-refractivity contribution is 5.85. The minimum absolute atomic E-state index is 0.0504. The predicted molar refractivity (Wildman–Crippen MR) is 140 cm³/mol. The summed E-state index contributed by atoms with van der Waals surface area (Å²) in [5, 5.41) is 2.79. The molecule has 12 heteroatoms. The normalized spacial score (nSPS) is 21.3. The van der Waals surface area contributed by atoms with E-state index in [0.29, 0.717) is 36.0 Å². The number of hydrogen-bond donors (Lipinski definition) is 1. The predicted octanol–water partition coefficient (Wildman–Crippen LogP) is 2.93. The standard InChI is InChI=1S/C27H32F2N6O4/c1-16(18-10-24(36)30-12-18)39-26-25-21(31-15-35(25)27(28)29)11-20(32-26)17-3-4-22(23(9-17)37-2)34-7-5-33(6-8-34)19-13-38-14-19/h3-4,9,11,15-16,18-19,27H,5-8,10,12-14H2,1-2H3,(H,30,36)/t16-,18?/m1/s1. The molecule has 1 unspecified atom stereocenters. The van der Waals surface area contributed by atoms with Crippen molar-refractivity contribution in [2.45, 2.75) is 32.0 Å². The Labute approximate surface area is 224 Å². The van der Waals surface area contributed by atoms with Crippen molar-refractivity contribution < 1.29 is 27.8 Å². The first-order valence-electron chi connectivity index (χ1n) is 13.3. The van der Waals surface area contributed by atoms with Crippen molar-refractivity contribution >= 4 is 22.6 Å². The van der Waals surface area contributed by atoms with Crippen LogP contribution in [0.4, 0.5) is 14.5 Å². The fraction of sp³-hybridized carbons (Fsp3) is 0.519. The molecule has 10 nitrogen and oxygen atoms in total. The number of rotatable bonds is 8. The van der Waals surface area contributed by atoms with Gasteiger partial charge in [0.05, 0.1) is 43.3 Å². The number of piperazine rings is 1. The Balaban J connectivity index is 1.30. The molecule has 1 aromatic carbocycles. The minimum atomic E-state index is -2.80. The Morgan fingerprint density at radius 2 is 1.95 bits per heavy atom. The summed E-state index contributed by atoms with van der Waals surface area (Å²) in [7, 11) is 1.64. The van der Waals surface area contributed by atoms with E-state index < -0.39 is 12.7 Å². The molecular formula is C27H32F2N6O4. The molecule has 1 amide bonds. The third-order valence-electron chi connectivity index (χ3n) is 7.97. The Bertz CT molecular complexity index is 1360. The molecule has 208 valence electrons. The van der Waals surface area contributed by atoms with Gasteiger partial charge in [0.25, 0.3) is 0 Å². The van der Waals surface area contributed by atoms with E-state index in [9.17, 15) is 13.6 Å². The average molecular weight is 543 g/mol. The van der Waals surface area contributed by atoms with Crippen molar-refractivity contribution in [2.24, 2.45) is 5.92 Å². The number of hydrogen-bond acceptors (Lipinski definition) is 8. The highest BCUT2D eigenvalue weighted by atomic mass is 19.3. The Kier molecular flexibility index (Phi) is 6.98. The van der Waals surface area contributed by atoms with Gasteiger partial charge < -0.3 is 24.4 Å². The fourth-order valence-electron chi connectivity index (χ4n) is 5.50. The van der Waals surface area contributed by atoms with E-state index in [1.54, 1.807) is 13.2 Å². The highest BCUT2D eigenvalue weighted by Gasteiger charge is 2.31. The van der Waals surface area contributed by atoms with Crippen LogP contribution in [0.2, 0.25) is 0 Å². The van der Waals surface area contributed by atoms with Gasteiger partial charge >= 0.3 is 6.55 Å². The first kappa shape index (κ1) is 25.8. The number of aromatic nitrogens is 3. The molecule has 3 saturated heterocycles. The number of anilines is 1. The van der Waals surface area contributed by atoms with Crippen molar-refractivity contribution in [3.63, 3.8) is 0 Å². The lowest BCUT2D eigenvalue weighted by atomic mass is 10.0. The first-order chi connectivity index (χ1) is 18.9. The van der Waals surface area contributed by atoms with Crippen LogP contribution in [0.25, 0.3) is 22.3 Å². The monoisotopic (exact) mass is 542 g/mol. The molecule has 0 aliphatic carbocycles. The van der Waals surface area contributed by atoms with Crippen LogP contribution in [0, 0.1) is 5.92 Å². The van der Waals surface area contributed by atoms with Crippen LogP contribution >= 0.6 is 0 Å². The van der Waals surface area contributed by atoms with Crippen molar-refractivity contribution in [1.82, 2.24) is 24.8 Å². The number of fused-ring (bicyclic) bond motifs is 1. The summed E-state index contributed by atoms with van der Waals surface area (Å²) in [4.78, 5) is 25.4. The van der Waals surface area contributed by atoms with Crippen LogP contribution in [-0.2, 0) is 9.53 Å². The van der Waals surface area contributed by atoms with Crippen molar-refractivity contribution in [3.05, 3.63) is 30.6 Å². The Morgan fingerprint density at radius 1 is 1.15 bits per heavy atom. The third kappa shape index (κ3) is 4.98. The van der Waals surface area contributed by atoms with Gasteiger partial charge in [-0.15, -0.1) is 0 Å². The number of pyridine rings is 1. The van der Waals surface area contributed by atoms with Gasteiger partial charge in [0.15, 0.2) is 0 Å². The van der Waals surface area contributed by atoms with Crippen LogP contribution in [0.1, 0.15) is 19.9 Å². The van der Waals surface area contributed by atoms with E-state index in [4.69, 9.17) is 14.2 Å². The van der Waals surface area contributed by atoms with E-state index >= 15 is 0 Å². The second-order valence-corrected chi connectivity index (χ2v) is 10.3. The van der Waals surface area contributed by atoms with E-state index in [0.717, 1.165) is 61.5 Å². The third-order valence-corrected chi connectivity index (χ3v) is 7.97. The number of carbonyl (C=O) groups is 1. The van der Waals surface area contributed by atoms with Gasteiger partial charge in [0.2, 0.25) is 11.8 Å². The van der Waals surface area contributed by atoms with Gasteiger partial charge in [0.1, 0.15) is 23.7 Å². The zero-order valence-electron chi connectivity index (χ0n) is 22.0. The number of halogens is 2. The van der Waals surface area contributed by atoms with Crippen LogP contribution in [0.15, 0.2) is 30.6 Å². The number of imidazole rings is 1. The van der Waals surface area contributed by atoms with Gasteiger partial charge in [-0.2, -0.15) is 8.78 Å². The molecule has 0 radical (unpaired) electrons. The molecular weight excluding hydrogens is 510 g/mol. The number of amides is 1. The zero-order chi connectivity index (χ0) is 27.1. The number of nitrogens with one attached hydrogen (secondary N) is 1. The molecule has 3 aliphatic rings. The van der Waals surface area contributed by atoms with Crippen molar-refractivity contribution in [3.8, 4) is 22.9 Å². The summed E-state index contributed by atoms with van der Waals surface area (Å²) >= 11 is 0. The summed E-state index contributed by atoms with van der Waals surface area (Å²) in [6.07, 6.45) is 0.996. The SMILES string of the molecule is COc1cc(-c2cc3ncn(C(F)F)c3c(O[C@H](C)C3CNC(=O)C3)n2)ccc1N1CCN(C2COC2)CC1. The summed E-state index contributed by atoms with van der Waals surface area (Å²) in [6.45, 7) is 4.81. The lowest BCUT2D eigenvalue weighted by Crippen LogP contribution is -2.56. The van der Waals surface area contributed by atoms with Gasteiger partial charge in [0, 0.05) is 50.6 Å². The van der Waals surface area contributed by atoms with Gasteiger partial charge in [-0.05, 0) is 25.1 Å². The molecule has 2 atom stereocenters. The maximum absolute atomic E-state index is 13.8. The van der Waals surface area contributed by atoms with Crippen molar-refractivity contribution in [2.75, 3.05) is 57.9 Å². The molecule has 3 aromatic rings.